The molecule has 22 heavy (non-hydrogen) atoms. The molecular weight excluding hydrogens is 499 g/mol. The molecule has 1 radical (unpaired) electrons. The highest BCUT2D eigenvalue weighted by Crippen LogP contribution is 2.30. The van der Waals surface area contributed by atoms with Crippen LogP contribution in [0.25, 0.3) is 0 Å². The van der Waals surface area contributed by atoms with Crippen molar-refractivity contribution in [3.63, 3.8) is 0 Å². The summed E-state index contributed by atoms with van der Waals surface area (Å²) in [5, 5.41) is 0.710. The Bertz CT molecular complexity index is 640. The van der Waals surface area contributed by atoms with Gasteiger partial charge in [-0.3, -0.25) is 4.90 Å². The Balaban J connectivity index is 2.45. The number of hydrogen-bond donors (Lipinski definition) is 0. The second kappa shape index (κ2) is 7.95. The molecule has 8 heteroatoms. The van der Waals surface area contributed by atoms with E-state index in [4.69, 9.17) is 11.6 Å². The van der Waals surface area contributed by atoms with Gasteiger partial charge < -0.3 is 0 Å². The van der Waals surface area contributed by atoms with Crippen molar-refractivity contribution >= 4 is 75.8 Å². The Morgan fingerprint density at radius 2 is 1.86 bits per heavy atom. The molecule has 1 aromatic carbocycles. The molecule has 0 aliphatic carbocycles. The minimum Gasteiger partial charge on any atom is -0.293 e. The molecule has 117 valence electrons. The van der Waals surface area contributed by atoms with Crippen LogP contribution in [-0.2, 0) is 0 Å². The van der Waals surface area contributed by atoms with Gasteiger partial charge >= 0.3 is 10.7 Å². The van der Waals surface area contributed by atoms with Crippen LogP contribution in [0.2, 0.25) is 5.02 Å². The molecule has 1 heterocycles. The zero-order valence-corrected chi connectivity index (χ0v) is 17.5. The van der Waals surface area contributed by atoms with Crippen molar-refractivity contribution in [3.05, 3.63) is 38.5 Å². The van der Waals surface area contributed by atoms with Gasteiger partial charge in [0, 0.05) is 55.7 Å². The lowest BCUT2D eigenvalue weighted by Crippen LogP contribution is -2.44. The van der Waals surface area contributed by atoms with E-state index in [1.807, 2.05) is 36.1 Å². The number of rotatable bonds is 3. The fraction of sp³-hybridized carbons (Fsp3) is 0.286. The Morgan fingerprint density at radius 3 is 2.32 bits per heavy atom. The third-order valence-electron chi connectivity index (χ3n) is 2.94. The SMILES string of the molecule is CCN=C(N1C(Br)=[N+]C(Br)=C1Br)N(CC)c1ccc(Cl)cc1. The van der Waals surface area contributed by atoms with Crippen LogP contribution >= 0.6 is 59.4 Å². The summed E-state index contributed by atoms with van der Waals surface area (Å²) in [7, 11) is 0. The van der Waals surface area contributed by atoms with Gasteiger partial charge in [0.05, 0.1) is 15.9 Å². The first-order chi connectivity index (χ1) is 10.5. The average Bonchev–Trinajstić information content (AvgIpc) is 2.74. The Hall–Kier alpha value is -0.370. The second-order valence-corrected chi connectivity index (χ2v) is 6.94. The van der Waals surface area contributed by atoms with Crippen molar-refractivity contribution in [1.29, 1.82) is 0 Å². The monoisotopic (exact) mass is 510 g/mol. The second-order valence-electron chi connectivity index (χ2n) is 4.29. The van der Waals surface area contributed by atoms with Crippen LogP contribution in [0.15, 0.2) is 38.5 Å². The zero-order chi connectivity index (χ0) is 16.3. The third kappa shape index (κ3) is 3.75. The minimum atomic E-state index is 0.661. The summed E-state index contributed by atoms with van der Waals surface area (Å²) < 4.78 is 2.19. The number of amidine groups is 1. The number of benzene rings is 1. The number of guanidine groups is 1. The molecule has 0 fully saturated rings. The fourth-order valence-corrected chi connectivity index (χ4v) is 3.88. The first kappa shape index (κ1) is 18.0. The molecule has 2 rings (SSSR count). The van der Waals surface area contributed by atoms with Crippen molar-refractivity contribution in [3.8, 4) is 0 Å². The lowest BCUT2D eigenvalue weighted by atomic mass is 10.3. The van der Waals surface area contributed by atoms with E-state index in [0.717, 1.165) is 27.4 Å². The quantitative estimate of drug-likeness (QED) is 0.329. The maximum absolute atomic E-state index is 5.99. The molecule has 0 aromatic heterocycles. The van der Waals surface area contributed by atoms with Crippen LogP contribution < -0.4 is 9.89 Å². The Morgan fingerprint density at radius 1 is 1.23 bits per heavy atom. The Labute approximate surface area is 160 Å². The van der Waals surface area contributed by atoms with Crippen molar-refractivity contribution in [2.75, 3.05) is 18.0 Å². The van der Waals surface area contributed by atoms with Gasteiger partial charge in [0.25, 0.3) is 4.61 Å². The van der Waals surface area contributed by atoms with Crippen LogP contribution in [0.1, 0.15) is 13.8 Å². The largest absolute Gasteiger partial charge is 0.376 e. The molecule has 1 aliphatic heterocycles. The van der Waals surface area contributed by atoms with Crippen LogP contribution in [0.4, 0.5) is 5.69 Å². The van der Waals surface area contributed by atoms with E-state index in [-0.39, 0.29) is 0 Å². The zero-order valence-electron chi connectivity index (χ0n) is 12.0. The minimum absolute atomic E-state index is 0.661. The van der Waals surface area contributed by atoms with Crippen LogP contribution in [0, 0.1) is 0 Å². The molecule has 0 bridgehead atoms. The molecule has 0 spiro atoms. The normalized spacial score (nSPS) is 15.5. The van der Waals surface area contributed by atoms with Crippen molar-refractivity contribution in [2.24, 2.45) is 4.99 Å². The lowest BCUT2D eigenvalue weighted by molar-refractivity contribution is 0.791. The summed E-state index contributed by atoms with van der Waals surface area (Å²) in [6, 6.07) is 7.70. The standard InChI is InChI=1S/C14H14Br3ClN4/c1-3-19-14(22-12(16)11(15)20-13(22)17)21(4-2)10-7-5-9(18)6-8-10/h5-8H,3-4H2,1-2H3/q+1. The first-order valence-corrected chi connectivity index (χ1v) is 9.42. The number of halogens is 4. The molecule has 0 unspecified atom stereocenters. The maximum atomic E-state index is 5.99. The summed E-state index contributed by atoms with van der Waals surface area (Å²) in [5.74, 6) is 0.782. The summed E-state index contributed by atoms with van der Waals surface area (Å²) in [5.41, 5.74) is 1.02. The summed E-state index contributed by atoms with van der Waals surface area (Å²) >= 11 is 16.4. The van der Waals surface area contributed by atoms with E-state index >= 15 is 0 Å². The van der Waals surface area contributed by atoms with E-state index in [2.05, 4.69) is 69.6 Å². The van der Waals surface area contributed by atoms with Gasteiger partial charge in [-0.1, -0.05) is 11.6 Å². The number of aliphatic imine (C=N–C) groups is 2. The lowest BCUT2D eigenvalue weighted by Gasteiger charge is -2.25. The van der Waals surface area contributed by atoms with Gasteiger partial charge in [0.15, 0.2) is 0 Å². The molecule has 0 saturated heterocycles. The maximum Gasteiger partial charge on any atom is 0.376 e. The molecule has 1 aromatic rings. The van der Waals surface area contributed by atoms with Crippen molar-refractivity contribution < 1.29 is 0 Å². The van der Waals surface area contributed by atoms with Gasteiger partial charge in [-0.25, -0.2) is 4.99 Å². The first-order valence-electron chi connectivity index (χ1n) is 6.66. The van der Waals surface area contributed by atoms with Crippen molar-refractivity contribution in [1.82, 2.24) is 9.89 Å². The van der Waals surface area contributed by atoms with E-state index in [9.17, 15) is 0 Å². The summed E-state index contributed by atoms with van der Waals surface area (Å²) in [6.07, 6.45) is 0. The van der Waals surface area contributed by atoms with Gasteiger partial charge in [-0.15, -0.1) is 4.90 Å². The van der Waals surface area contributed by atoms with E-state index in [1.165, 1.54) is 0 Å². The van der Waals surface area contributed by atoms with Gasteiger partial charge in [0.2, 0.25) is 4.61 Å². The van der Waals surface area contributed by atoms with Crippen LogP contribution in [0.5, 0.6) is 0 Å². The molecular formula is C14H14Br3ClN4+. The molecule has 0 atom stereocenters. The number of hydrogen-bond acceptors (Lipinski definition) is 2. The van der Waals surface area contributed by atoms with Crippen LogP contribution in [-0.4, -0.2) is 28.7 Å². The van der Waals surface area contributed by atoms with Crippen molar-refractivity contribution in [2.45, 2.75) is 13.8 Å². The smallest absolute Gasteiger partial charge is 0.293 e. The van der Waals surface area contributed by atoms with Gasteiger partial charge in [-0.05, 0) is 43.1 Å². The van der Waals surface area contributed by atoms with Gasteiger partial charge in [-0.2, -0.15) is 0 Å². The van der Waals surface area contributed by atoms with E-state index < -0.39 is 0 Å². The molecule has 0 amide bonds. The van der Waals surface area contributed by atoms with E-state index in [1.54, 1.807) is 0 Å². The van der Waals surface area contributed by atoms with Crippen LogP contribution in [0.3, 0.4) is 0 Å². The average molecular weight is 513 g/mol. The molecule has 1 aliphatic rings. The highest BCUT2D eigenvalue weighted by molar-refractivity contribution is 9.18. The predicted octanol–water partition coefficient (Wildman–Crippen LogP) is 4.86. The Kier molecular flexibility index (Phi) is 6.49. The number of nitrogens with zero attached hydrogens (tertiary/aromatic N) is 4. The molecule has 0 N–H and O–H groups in total. The third-order valence-corrected chi connectivity index (χ3v) is 5.54. The summed E-state index contributed by atoms with van der Waals surface area (Å²) in [4.78, 5) is 13.0. The highest BCUT2D eigenvalue weighted by Gasteiger charge is 2.40. The van der Waals surface area contributed by atoms with Gasteiger partial charge in [0.1, 0.15) is 0 Å². The fourth-order valence-electron chi connectivity index (χ4n) is 2.00. The number of anilines is 1. The summed E-state index contributed by atoms with van der Waals surface area (Å²) in [6.45, 7) is 5.50. The highest BCUT2D eigenvalue weighted by atomic mass is 79.9. The predicted molar refractivity (Wildman–Crippen MR) is 105 cm³/mol. The van der Waals surface area contributed by atoms with E-state index in [0.29, 0.717) is 16.3 Å². The topological polar surface area (TPSA) is 32.9 Å². The molecule has 0 saturated carbocycles. The molecule has 4 nitrogen and oxygen atoms in total.